The highest BCUT2D eigenvalue weighted by Crippen LogP contribution is 2.24. The number of aliphatic hydroxyl groups is 8. The van der Waals surface area contributed by atoms with E-state index in [2.05, 4.69) is 0 Å². The van der Waals surface area contributed by atoms with Gasteiger partial charge >= 0.3 is 5.97 Å². The molecule has 12 heteroatoms. The van der Waals surface area contributed by atoms with Gasteiger partial charge in [-0.15, -0.1) is 0 Å². The van der Waals surface area contributed by atoms with E-state index >= 15 is 0 Å². The van der Waals surface area contributed by atoms with Crippen LogP contribution >= 0.6 is 0 Å². The third-order valence-electron chi connectivity index (χ3n) is 3.62. The van der Waals surface area contributed by atoms with E-state index in [1.807, 2.05) is 0 Å². The average Bonchev–Trinajstić information content (AvgIpc) is 2.57. The highest BCUT2D eigenvalue weighted by atomic mass is 16.7. The molecule has 24 heavy (non-hydrogen) atoms. The molecule has 1 rings (SSSR count). The third-order valence-corrected chi connectivity index (χ3v) is 3.62. The molecule has 0 aliphatic carbocycles. The van der Waals surface area contributed by atoms with Crippen molar-refractivity contribution in [3.05, 3.63) is 0 Å². The van der Waals surface area contributed by atoms with Crippen molar-refractivity contribution in [3.8, 4) is 0 Å². The van der Waals surface area contributed by atoms with Crippen LogP contribution in [0.4, 0.5) is 0 Å². The number of carboxylic acids is 1. The average molecular weight is 358 g/mol. The first-order chi connectivity index (χ1) is 11.1. The van der Waals surface area contributed by atoms with E-state index in [4.69, 9.17) is 24.8 Å². The molecule has 0 saturated carbocycles. The van der Waals surface area contributed by atoms with Crippen LogP contribution in [0.25, 0.3) is 0 Å². The first-order valence-electron chi connectivity index (χ1n) is 6.99. The van der Waals surface area contributed by atoms with E-state index < -0.39 is 74.3 Å². The predicted molar refractivity (Wildman–Crippen MR) is 71.4 cm³/mol. The van der Waals surface area contributed by atoms with Crippen molar-refractivity contribution in [3.63, 3.8) is 0 Å². The summed E-state index contributed by atoms with van der Waals surface area (Å²) >= 11 is 0. The van der Waals surface area contributed by atoms with Gasteiger partial charge < -0.3 is 55.4 Å². The van der Waals surface area contributed by atoms with Crippen LogP contribution in [0.15, 0.2) is 0 Å². The molecule has 1 aliphatic heterocycles. The number of aliphatic carboxylic acids is 1. The van der Waals surface area contributed by atoms with Gasteiger partial charge in [0.25, 0.3) is 0 Å². The van der Waals surface area contributed by atoms with Crippen molar-refractivity contribution in [1.29, 1.82) is 0 Å². The number of ether oxygens (including phenoxy) is 2. The molecule has 9 N–H and O–H groups in total. The summed E-state index contributed by atoms with van der Waals surface area (Å²) in [5.41, 5.74) is 0. The van der Waals surface area contributed by atoms with Gasteiger partial charge in [0.05, 0.1) is 13.2 Å². The van der Waals surface area contributed by atoms with Crippen molar-refractivity contribution in [2.75, 3.05) is 13.2 Å². The Labute approximate surface area is 135 Å². The Balaban J connectivity index is 2.94. The second kappa shape index (κ2) is 8.96. The fraction of sp³-hybridized carbons (Fsp3) is 0.917. The second-order valence-corrected chi connectivity index (χ2v) is 5.32. The summed E-state index contributed by atoms with van der Waals surface area (Å²) in [6, 6.07) is 0. The minimum Gasteiger partial charge on any atom is -0.479 e. The van der Waals surface area contributed by atoms with E-state index in [0.717, 1.165) is 0 Å². The number of rotatable bonds is 8. The van der Waals surface area contributed by atoms with Gasteiger partial charge in [0.2, 0.25) is 0 Å². The van der Waals surface area contributed by atoms with Crippen LogP contribution in [0.3, 0.4) is 0 Å². The van der Waals surface area contributed by atoms with Crippen LogP contribution in [-0.2, 0) is 14.3 Å². The smallest absolute Gasteiger partial charge is 0.335 e. The van der Waals surface area contributed by atoms with Gasteiger partial charge in [-0.25, -0.2) is 4.79 Å². The second-order valence-electron chi connectivity index (χ2n) is 5.32. The van der Waals surface area contributed by atoms with Crippen molar-refractivity contribution in [2.45, 2.75) is 55.1 Å². The van der Waals surface area contributed by atoms with Crippen LogP contribution in [0.5, 0.6) is 0 Å². The van der Waals surface area contributed by atoms with Gasteiger partial charge in [0.1, 0.15) is 42.7 Å². The Kier molecular flexibility index (Phi) is 7.88. The molecule has 1 aliphatic rings. The van der Waals surface area contributed by atoms with Crippen LogP contribution < -0.4 is 0 Å². The summed E-state index contributed by atoms with van der Waals surface area (Å²) in [6.07, 6.45) is -16.9. The Morgan fingerprint density at radius 1 is 1.04 bits per heavy atom. The molecule has 1 heterocycles. The van der Waals surface area contributed by atoms with Crippen molar-refractivity contribution < 1.29 is 60.2 Å². The summed E-state index contributed by atoms with van der Waals surface area (Å²) in [5, 5.41) is 84.5. The van der Waals surface area contributed by atoms with Gasteiger partial charge in [-0.2, -0.15) is 0 Å². The molecule has 0 aromatic rings. The predicted octanol–water partition coefficient (Wildman–Crippen LogP) is -5.67. The molecular weight excluding hydrogens is 336 g/mol. The zero-order chi connectivity index (χ0) is 18.6. The zero-order valence-corrected chi connectivity index (χ0v) is 12.4. The third kappa shape index (κ3) is 4.58. The maximum absolute atomic E-state index is 10.7. The van der Waals surface area contributed by atoms with Crippen LogP contribution in [0, 0.1) is 0 Å². The molecule has 0 spiro atoms. The molecule has 142 valence electrons. The topological polar surface area (TPSA) is 218 Å². The molecule has 0 unspecified atom stereocenters. The molecule has 0 amide bonds. The van der Waals surface area contributed by atoms with Gasteiger partial charge in [-0.3, -0.25) is 0 Å². The van der Waals surface area contributed by atoms with Crippen LogP contribution in [0.1, 0.15) is 0 Å². The zero-order valence-electron chi connectivity index (χ0n) is 12.4. The van der Waals surface area contributed by atoms with Crippen molar-refractivity contribution in [2.24, 2.45) is 0 Å². The van der Waals surface area contributed by atoms with Gasteiger partial charge in [-0.1, -0.05) is 0 Å². The lowest BCUT2D eigenvalue weighted by atomic mass is 9.98. The molecule has 0 radical (unpaired) electrons. The quantitative estimate of drug-likeness (QED) is 0.198. The van der Waals surface area contributed by atoms with E-state index in [1.165, 1.54) is 0 Å². The summed E-state index contributed by atoms with van der Waals surface area (Å²) in [5.74, 6) is -1.84. The summed E-state index contributed by atoms with van der Waals surface area (Å²) in [7, 11) is 0. The minimum atomic E-state index is -2.39. The highest BCUT2D eigenvalue weighted by molar-refractivity contribution is 5.72. The molecule has 1 saturated heterocycles. The fourth-order valence-electron chi connectivity index (χ4n) is 2.16. The molecule has 0 aromatic heterocycles. The lowest BCUT2D eigenvalue weighted by molar-refractivity contribution is -0.326. The standard InChI is InChI=1S/C12H22O12/c13-1-3(15)10(7(18)8(19)11(21)22)24-12-9(20)6(17)5(16)4(2-14)23-12/h3-10,12-20H,1-2H2,(H,21,22)/t3-,4-,5+,6-,7-,8-,9-,10-,12+/m1/s1. The number of carbonyl (C=O) groups is 1. The van der Waals surface area contributed by atoms with E-state index in [1.54, 1.807) is 0 Å². The van der Waals surface area contributed by atoms with E-state index in [-0.39, 0.29) is 0 Å². The Morgan fingerprint density at radius 3 is 2.08 bits per heavy atom. The Morgan fingerprint density at radius 2 is 1.62 bits per heavy atom. The molecule has 0 bridgehead atoms. The van der Waals surface area contributed by atoms with Crippen LogP contribution in [-0.4, -0.2) is 120 Å². The minimum absolute atomic E-state index is 0.766. The molecule has 1 fully saturated rings. The molecular formula is C12H22O12. The number of aliphatic hydroxyl groups excluding tert-OH is 8. The lowest BCUT2D eigenvalue weighted by Crippen LogP contribution is -2.61. The summed E-state index contributed by atoms with van der Waals surface area (Å²) < 4.78 is 9.98. The Bertz CT molecular complexity index is 403. The summed E-state index contributed by atoms with van der Waals surface area (Å²) in [6.45, 7) is -1.76. The van der Waals surface area contributed by atoms with Crippen molar-refractivity contribution in [1.82, 2.24) is 0 Å². The maximum Gasteiger partial charge on any atom is 0.335 e. The van der Waals surface area contributed by atoms with E-state index in [9.17, 15) is 35.4 Å². The molecule has 12 nitrogen and oxygen atoms in total. The normalized spacial score (nSPS) is 35.9. The molecule has 0 aromatic carbocycles. The lowest BCUT2D eigenvalue weighted by Gasteiger charge is -2.42. The van der Waals surface area contributed by atoms with Crippen molar-refractivity contribution >= 4 is 5.97 Å². The fourth-order valence-corrected chi connectivity index (χ4v) is 2.16. The number of carboxylic acid groups (broad SMARTS) is 1. The van der Waals surface area contributed by atoms with Crippen LogP contribution in [0.2, 0.25) is 0 Å². The Hall–Kier alpha value is -0.930. The first-order valence-corrected chi connectivity index (χ1v) is 6.99. The van der Waals surface area contributed by atoms with Gasteiger partial charge in [-0.05, 0) is 0 Å². The first kappa shape index (κ1) is 21.1. The van der Waals surface area contributed by atoms with E-state index in [0.29, 0.717) is 0 Å². The highest BCUT2D eigenvalue weighted by Gasteiger charge is 2.47. The van der Waals surface area contributed by atoms with Gasteiger partial charge in [0, 0.05) is 0 Å². The maximum atomic E-state index is 10.7. The largest absolute Gasteiger partial charge is 0.479 e. The monoisotopic (exact) mass is 358 g/mol. The summed E-state index contributed by atoms with van der Waals surface area (Å²) in [4.78, 5) is 10.7. The SMILES string of the molecule is O=C(O)[C@H](O)[C@@H](O)[C@H](O[C@@H]1O[C@H](CO)[C@H](O)[C@@H](O)[C@H]1O)[C@H](O)CO. The number of hydrogen-bond acceptors (Lipinski definition) is 11. The molecule has 9 atom stereocenters. The van der Waals surface area contributed by atoms with Gasteiger partial charge in [0.15, 0.2) is 12.4 Å². The number of hydrogen-bond donors (Lipinski definition) is 9.